The molecule has 2 nitrogen and oxygen atoms in total. The molecule has 0 heterocycles. The molecule has 6 bridgehead atoms. The highest BCUT2D eigenvalue weighted by atomic mass is 16.3. The van der Waals surface area contributed by atoms with Gasteiger partial charge in [0.15, 0.2) is 0 Å². The summed E-state index contributed by atoms with van der Waals surface area (Å²) in [5, 5.41) is 20.5. The fourth-order valence-electron chi connectivity index (χ4n) is 7.07. The third-order valence-corrected chi connectivity index (χ3v) is 6.79. The number of aliphatic hydroxyl groups is 2. The smallest absolute Gasteiger partial charge is 0.0608 e. The standard InChI is InChI=1S/C12H16O2/c1-2-3-5-8-4(2)6-7(3)11(13)9(5)10(6)12(8)14/h2-14H,1H3. The van der Waals surface area contributed by atoms with Gasteiger partial charge in [0, 0.05) is 0 Å². The van der Waals surface area contributed by atoms with Crippen LogP contribution in [0.2, 0.25) is 0 Å². The quantitative estimate of drug-likeness (QED) is 0.581. The highest BCUT2D eigenvalue weighted by Crippen LogP contribution is 2.83. The Kier molecular flexibility index (Phi) is 0.875. The lowest BCUT2D eigenvalue weighted by atomic mass is 9.71. The summed E-state index contributed by atoms with van der Waals surface area (Å²) in [5.41, 5.74) is 0. The van der Waals surface area contributed by atoms with E-state index in [1.54, 1.807) is 0 Å². The Labute approximate surface area is 83.3 Å². The first-order valence-electron chi connectivity index (χ1n) is 6.09. The molecule has 14 heavy (non-hydrogen) atoms. The van der Waals surface area contributed by atoms with E-state index < -0.39 is 0 Å². The highest BCUT2D eigenvalue weighted by Gasteiger charge is 2.85. The van der Waals surface area contributed by atoms with Gasteiger partial charge in [-0.3, -0.25) is 0 Å². The molecule has 6 saturated carbocycles. The molecule has 0 aromatic carbocycles. The Bertz CT molecular complexity index is 259. The summed E-state index contributed by atoms with van der Waals surface area (Å²) in [4.78, 5) is 0. The van der Waals surface area contributed by atoms with Gasteiger partial charge in [0.1, 0.15) is 0 Å². The van der Waals surface area contributed by atoms with Gasteiger partial charge < -0.3 is 10.2 Å². The minimum atomic E-state index is -0.0467. The Balaban J connectivity index is 1.83. The molecule has 6 rings (SSSR count). The van der Waals surface area contributed by atoms with Gasteiger partial charge in [-0.05, 0) is 53.3 Å². The first-order valence-corrected chi connectivity index (χ1v) is 6.09. The van der Waals surface area contributed by atoms with Crippen LogP contribution in [0.3, 0.4) is 0 Å². The maximum atomic E-state index is 10.2. The van der Waals surface area contributed by atoms with Crippen LogP contribution in [0.4, 0.5) is 0 Å². The molecule has 0 amide bonds. The second kappa shape index (κ2) is 1.69. The van der Waals surface area contributed by atoms with E-state index in [-0.39, 0.29) is 12.2 Å². The van der Waals surface area contributed by atoms with Crippen LogP contribution in [0.15, 0.2) is 0 Å². The summed E-state index contributed by atoms with van der Waals surface area (Å²) in [6.07, 6.45) is -0.0933. The lowest BCUT2D eigenvalue weighted by Gasteiger charge is -2.32. The maximum absolute atomic E-state index is 10.2. The lowest BCUT2D eigenvalue weighted by molar-refractivity contribution is 0.0938. The first-order chi connectivity index (χ1) is 6.73. The minimum Gasteiger partial charge on any atom is -0.393 e. The van der Waals surface area contributed by atoms with Crippen LogP contribution in [-0.2, 0) is 0 Å². The molecule has 0 saturated heterocycles. The minimum absolute atomic E-state index is 0.0467. The predicted octanol–water partition coefficient (Wildman–Crippen LogP) is 0.342. The van der Waals surface area contributed by atoms with Gasteiger partial charge in [-0.15, -0.1) is 0 Å². The molecule has 2 heteroatoms. The van der Waals surface area contributed by atoms with Gasteiger partial charge in [-0.1, -0.05) is 6.92 Å². The van der Waals surface area contributed by atoms with Gasteiger partial charge >= 0.3 is 0 Å². The van der Waals surface area contributed by atoms with Crippen molar-refractivity contribution >= 4 is 0 Å². The fourth-order valence-corrected chi connectivity index (χ4v) is 7.07. The Morgan fingerprint density at radius 1 is 0.571 bits per heavy atom. The summed E-state index contributed by atoms with van der Waals surface area (Å²) in [6, 6.07) is 0. The van der Waals surface area contributed by atoms with E-state index in [0.717, 1.165) is 17.8 Å². The zero-order chi connectivity index (χ0) is 9.35. The van der Waals surface area contributed by atoms with Crippen molar-refractivity contribution in [2.24, 2.45) is 53.3 Å². The molecule has 0 radical (unpaired) electrons. The van der Waals surface area contributed by atoms with E-state index in [4.69, 9.17) is 0 Å². The molecule has 6 aliphatic carbocycles. The molecule has 76 valence electrons. The molecular formula is C12H16O2. The van der Waals surface area contributed by atoms with Gasteiger partial charge in [0.2, 0.25) is 0 Å². The van der Waals surface area contributed by atoms with Gasteiger partial charge in [-0.2, -0.15) is 0 Å². The Morgan fingerprint density at radius 2 is 0.929 bits per heavy atom. The third-order valence-electron chi connectivity index (χ3n) is 6.79. The van der Waals surface area contributed by atoms with Crippen molar-refractivity contribution in [1.82, 2.24) is 0 Å². The van der Waals surface area contributed by atoms with E-state index in [1.165, 1.54) is 0 Å². The third kappa shape index (κ3) is 0.396. The van der Waals surface area contributed by atoms with Crippen molar-refractivity contribution < 1.29 is 10.2 Å². The lowest BCUT2D eigenvalue weighted by Crippen LogP contribution is -2.30. The van der Waals surface area contributed by atoms with Crippen LogP contribution in [0.5, 0.6) is 0 Å². The van der Waals surface area contributed by atoms with Crippen molar-refractivity contribution in [2.45, 2.75) is 19.1 Å². The summed E-state index contributed by atoms with van der Waals surface area (Å²) in [5.74, 6) is 5.94. The summed E-state index contributed by atoms with van der Waals surface area (Å²) in [7, 11) is 0. The van der Waals surface area contributed by atoms with E-state index in [9.17, 15) is 10.2 Å². The van der Waals surface area contributed by atoms with E-state index in [1.807, 2.05) is 0 Å². The topological polar surface area (TPSA) is 40.5 Å². The zero-order valence-corrected chi connectivity index (χ0v) is 8.25. The molecule has 10 atom stereocenters. The van der Waals surface area contributed by atoms with Crippen LogP contribution < -0.4 is 0 Å². The molecule has 0 aliphatic heterocycles. The Morgan fingerprint density at radius 3 is 1.36 bits per heavy atom. The predicted molar refractivity (Wildman–Crippen MR) is 49.1 cm³/mol. The van der Waals surface area contributed by atoms with E-state index in [2.05, 4.69) is 6.92 Å². The van der Waals surface area contributed by atoms with Crippen LogP contribution in [0, 0.1) is 53.3 Å². The molecule has 2 N–H and O–H groups in total. The van der Waals surface area contributed by atoms with Gasteiger partial charge in [0.25, 0.3) is 0 Å². The summed E-state index contributed by atoms with van der Waals surface area (Å²) in [6.45, 7) is 2.37. The SMILES string of the molecule is CC1C2C3C(O)C4C5C(O)C(C1C35)C24. The Hall–Kier alpha value is -0.0800. The van der Waals surface area contributed by atoms with E-state index in [0.29, 0.717) is 35.5 Å². The molecular weight excluding hydrogens is 176 g/mol. The number of rotatable bonds is 0. The maximum Gasteiger partial charge on any atom is 0.0608 e. The molecule has 6 aliphatic rings. The number of hydrogen-bond acceptors (Lipinski definition) is 2. The summed E-state index contributed by atoms with van der Waals surface area (Å²) < 4.78 is 0. The molecule has 0 aromatic heterocycles. The van der Waals surface area contributed by atoms with Crippen LogP contribution in [-0.4, -0.2) is 22.4 Å². The van der Waals surface area contributed by atoms with Crippen molar-refractivity contribution in [1.29, 1.82) is 0 Å². The largest absolute Gasteiger partial charge is 0.393 e. The normalized spacial score (nSPS) is 85.5. The van der Waals surface area contributed by atoms with Crippen LogP contribution in [0.25, 0.3) is 0 Å². The summed E-state index contributed by atoms with van der Waals surface area (Å²) >= 11 is 0. The molecule has 10 unspecified atom stereocenters. The molecule has 0 spiro atoms. The molecule has 0 aromatic rings. The second-order valence-electron chi connectivity index (χ2n) is 6.46. The first kappa shape index (κ1) is 7.24. The average molecular weight is 192 g/mol. The van der Waals surface area contributed by atoms with Crippen molar-refractivity contribution in [3.63, 3.8) is 0 Å². The van der Waals surface area contributed by atoms with Crippen LogP contribution >= 0.6 is 0 Å². The van der Waals surface area contributed by atoms with Crippen molar-refractivity contribution in [2.75, 3.05) is 0 Å². The monoisotopic (exact) mass is 192 g/mol. The van der Waals surface area contributed by atoms with Crippen molar-refractivity contribution in [3.05, 3.63) is 0 Å². The van der Waals surface area contributed by atoms with Gasteiger partial charge in [-0.25, -0.2) is 0 Å². The number of hydrogen-bond donors (Lipinski definition) is 2. The van der Waals surface area contributed by atoms with E-state index >= 15 is 0 Å². The molecule has 6 fully saturated rings. The number of aliphatic hydroxyl groups excluding tert-OH is 2. The average Bonchev–Trinajstić information content (AvgIpc) is 2.86. The highest BCUT2D eigenvalue weighted by molar-refractivity contribution is 5.32. The zero-order valence-electron chi connectivity index (χ0n) is 8.25. The van der Waals surface area contributed by atoms with Crippen LogP contribution in [0.1, 0.15) is 6.92 Å². The fraction of sp³-hybridized carbons (Fsp3) is 1.00. The second-order valence-corrected chi connectivity index (χ2v) is 6.46. The van der Waals surface area contributed by atoms with Crippen molar-refractivity contribution in [3.8, 4) is 0 Å². The van der Waals surface area contributed by atoms with Gasteiger partial charge in [0.05, 0.1) is 12.2 Å².